The molecule has 9 heteroatoms. The lowest BCUT2D eigenvalue weighted by atomic mass is 9.89. The van der Waals surface area contributed by atoms with Crippen molar-refractivity contribution in [2.75, 3.05) is 6.61 Å². The van der Waals surface area contributed by atoms with Crippen molar-refractivity contribution in [3.05, 3.63) is 57.9 Å². The number of carbonyl (C=O) groups excluding carboxylic acids is 1. The zero-order valence-corrected chi connectivity index (χ0v) is 21.3. The van der Waals surface area contributed by atoms with E-state index in [4.69, 9.17) is 4.74 Å². The van der Waals surface area contributed by atoms with Gasteiger partial charge in [0.05, 0.1) is 24.6 Å². The van der Waals surface area contributed by atoms with Crippen molar-refractivity contribution in [1.82, 2.24) is 4.72 Å². The van der Waals surface area contributed by atoms with Crippen LogP contribution in [0, 0.1) is 26.6 Å². The molecule has 0 aliphatic rings. The van der Waals surface area contributed by atoms with Crippen LogP contribution in [0.4, 0.5) is 17.6 Å². The number of nitrogens with one attached hydrogen (secondary N) is 1. The molecule has 2 atom stereocenters. The number of alkyl halides is 3. The summed E-state index contributed by atoms with van der Waals surface area (Å²) in [4.78, 5) is 12.2. The number of ether oxygens (including phenoxy) is 1. The van der Waals surface area contributed by atoms with Gasteiger partial charge in [0, 0.05) is 16.9 Å². The molecule has 2 aromatic carbocycles. The van der Waals surface area contributed by atoms with Crippen molar-refractivity contribution in [1.29, 1.82) is 0 Å². The molecule has 0 spiro atoms. The fraction of sp³-hybridized carbons (Fsp3) is 0.480. The van der Waals surface area contributed by atoms with Crippen LogP contribution in [0.25, 0.3) is 11.1 Å². The predicted octanol–water partition coefficient (Wildman–Crippen LogP) is 6.48. The van der Waals surface area contributed by atoms with Gasteiger partial charge in [0.25, 0.3) is 0 Å². The fourth-order valence-electron chi connectivity index (χ4n) is 3.79. The molecule has 0 fully saturated rings. The van der Waals surface area contributed by atoms with Gasteiger partial charge in [0.15, 0.2) is 0 Å². The van der Waals surface area contributed by atoms with E-state index < -0.39 is 57.7 Å². The first-order chi connectivity index (χ1) is 15.6. The van der Waals surface area contributed by atoms with Crippen LogP contribution in [-0.4, -0.2) is 21.9 Å². The maximum absolute atomic E-state index is 15.4. The molecule has 2 aromatic rings. The third-order valence-corrected chi connectivity index (χ3v) is 6.84. The van der Waals surface area contributed by atoms with Gasteiger partial charge in [-0.05, 0) is 82.9 Å². The van der Waals surface area contributed by atoms with Gasteiger partial charge in [-0.1, -0.05) is 17.7 Å². The highest BCUT2D eigenvalue weighted by Crippen LogP contribution is 2.40. The first-order valence-corrected chi connectivity index (χ1v) is 12.0. The highest BCUT2D eigenvalue weighted by molar-refractivity contribution is 7.90. The normalized spacial score (nSPS) is 14.1. The molecule has 0 amide bonds. The van der Waals surface area contributed by atoms with Gasteiger partial charge < -0.3 is 9.29 Å². The summed E-state index contributed by atoms with van der Waals surface area (Å²) in [5.74, 6) is -2.25. The molecule has 0 aromatic heterocycles. The zero-order valence-electron chi connectivity index (χ0n) is 20.4. The lowest BCUT2D eigenvalue weighted by molar-refractivity contribution is -0.143. The van der Waals surface area contributed by atoms with Crippen LogP contribution in [0.5, 0.6) is 0 Å². The molecule has 188 valence electrons. The van der Waals surface area contributed by atoms with Crippen LogP contribution in [0.2, 0.25) is 0 Å². The second-order valence-electron chi connectivity index (χ2n) is 9.26. The van der Waals surface area contributed by atoms with Crippen molar-refractivity contribution in [3.63, 3.8) is 0 Å². The summed E-state index contributed by atoms with van der Waals surface area (Å²) in [6.45, 7) is 12.0. The van der Waals surface area contributed by atoms with E-state index in [1.807, 2.05) is 19.1 Å². The number of aryl methyl sites for hydroxylation is 3. The van der Waals surface area contributed by atoms with Crippen LogP contribution in [-0.2, 0) is 27.1 Å². The van der Waals surface area contributed by atoms with Crippen molar-refractivity contribution >= 4 is 17.3 Å². The van der Waals surface area contributed by atoms with Crippen molar-refractivity contribution in [2.45, 2.75) is 71.9 Å². The Hall–Kier alpha value is -2.10. The number of halogens is 4. The molecule has 0 aliphatic heterocycles. The number of esters is 1. The summed E-state index contributed by atoms with van der Waals surface area (Å²) in [7, 11) is 0. The number of rotatable bonds is 7. The molecule has 2 rings (SSSR count). The van der Waals surface area contributed by atoms with Crippen molar-refractivity contribution < 1.29 is 31.6 Å². The molecular formula is C25H31F4NO3S. The van der Waals surface area contributed by atoms with Gasteiger partial charge in [0.1, 0.15) is 10.6 Å². The maximum atomic E-state index is 15.4. The minimum Gasteiger partial charge on any atom is -0.598 e. The first-order valence-electron chi connectivity index (χ1n) is 10.9. The predicted molar refractivity (Wildman–Crippen MR) is 126 cm³/mol. The molecule has 0 saturated heterocycles. The Balaban J connectivity index is 2.79. The summed E-state index contributed by atoms with van der Waals surface area (Å²) >= 11 is -1.79. The van der Waals surface area contributed by atoms with Crippen LogP contribution < -0.4 is 4.72 Å². The van der Waals surface area contributed by atoms with Crippen LogP contribution >= 0.6 is 0 Å². The average Bonchev–Trinajstić information content (AvgIpc) is 2.66. The second kappa shape index (κ2) is 10.7. The minimum absolute atomic E-state index is 0.0476. The topological polar surface area (TPSA) is 61.4 Å². The van der Waals surface area contributed by atoms with Gasteiger partial charge in [-0.15, -0.1) is 4.72 Å². The molecule has 4 nitrogen and oxygen atoms in total. The molecule has 0 saturated carbocycles. The van der Waals surface area contributed by atoms with Crippen molar-refractivity contribution in [2.24, 2.45) is 0 Å². The van der Waals surface area contributed by atoms with Crippen LogP contribution in [0.3, 0.4) is 0 Å². The molecule has 1 unspecified atom stereocenters. The third kappa shape index (κ3) is 6.73. The minimum atomic E-state index is -4.97. The molecule has 0 aliphatic carbocycles. The molecule has 1 N–H and O–H groups in total. The largest absolute Gasteiger partial charge is 0.598 e. The Morgan fingerprint density at radius 1 is 1.09 bits per heavy atom. The van der Waals surface area contributed by atoms with E-state index in [0.29, 0.717) is 5.56 Å². The highest BCUT2D eigenvalue weighted by Gasteiger charge is 2.39. The Kier molecular flexibility index (Phi) is 8.82. The number of hydrogen-bond acceptors (Lipinski definition) is 4. The summed E-state index contributed by atoms with van der Waals surface area (Å²) in [5, 5.41) is 0. The second-order valence-corrected chi connectivity index (χ2v) is 11.3. The van der Waals surface area contributed by atoms with Gasteiger partial charge in [-0.3, -0.25) is 4.79 Å². The smallest absolute Gasteiger partial charge is 0.419 e. The lowest BCUT2D eigenvalue weighted by Gasteiger charge is -2.29. The van der Waals surface area contributed by atoms with E-state index in [1.165, 1.54) is 6.07 Å². The van der Waals surface area contributed by atoms with Crippen molar-refractivity contribution in [3.8, 4) is 11.1 Å². The molecular weight excluding hydrogens is 470 g/mol. The van der Waals surface area contributed by atoms with Crippen LogP contribution in [0.1, 0.15) is 68.0 Å². The summed E-state index contributed by atoms with van der Waals surface area (Å²) in [6.07, 6.45) is -5.46. The van der Waals surface area contributed by atoms with E-state index in [-0.39, 0.29) is 12.2 Å². The molecule has 0 heterocycles. The van der Waals surface area contributed by atoms with Gasteiger partial charge in [-0.25, -0.2) is 4.39 Å². The van der Waals surface area contributed by atoms with E-state index in [2.05, 4.69) is 4.72 Å². The highest BCUT2D eigenvalue weighted by atomic mass is 32.2. The molecule has 0 bridgehead atoms. The molecule has 0 radical (unpaired) electrons. The number of benzene rings is 2. The number of hydrogen-bond donors (Lipinski definition) is 1. The SMILES string of the molecule is CCOC(=O)C[C@H](N[S+]([O-])C(C)(C)C)c1cc(-c2c(C)cc(C)cc2C)cc(C(F)(F)F)c1F. The van der Waals surface area contributed by atoms with E-state index in [1.54, 1.807) is 41.5 Å². The zero-order chi connectivity index (χ0) is 26.0. The number of carbonyl (C=O) groups is 1. The summed E-state index contributed by atoms with van der Waals surface area (Å²) in [6, 6.07) is 4.45. The Bertz CT molecular complexity index is 1020. The van der Waals surface area contributed by atoms with E-state index in [9.17, 15) is 22.5 Å². The lowest BCUT2D eigenvalue weighted by Crippen LogP contribution is -2.42. The van der Waals surface area contributed by atoms with Gasteiger partial charge >= 0.3 is 12.1 Å². The van der Waals surface area contributed by atoms with Crippen LogP contribution in [0.15, 0.2) is 24.3 Å². The standard InChI is InChI=1S/C25H31F4NO3S/c1-8-33-21(31)13-20(30-34(32)24(5,6)7)18-11-17(12-19(23(18)26)25(27,28)29)22-15(3)9-14(2)10-16(22)4/h9-12,20,30H,8,13H2,1-7H3/t20-,34?/m0/s1. The first kappa shape index (κ1) is 28.1. The summed E-state index contributed by atoms with van der Waals surface area (Å²) in [5.41, 5.74) is 1.28. The quantitative estimate of drug-likeness (QED) is 0.268. The third-order valence-electron chi connectivity index (χ3n) is 5.23. The van der Waals surface area contributed by atoms with Gasteiger partial charge in [0.2, 0.25) is 0 Å². The Morgan fingerprint density at radius 3 is 2.12 bits per heavy atom. The summed E-state index contributed by atoms with van der Waals surface area (Å²) < 4.78 is 76.6. The fourth-order valence-corrected chi connectivity index (χ4v) is 4.62. The van der Waals surface area contributed by atoms with Gasteiger partial charge in [-0.2, -0.15) is 13.2 Å². The van der Waals surface area contributed by atoms with E-state index >= 15 is 4.39 Å². The average molecular weight is 502 g/mol. The van der Waals surface area contributed by atoms with E-state index in [0.717, 1.165) is 22.8 Å². The monoisotopic (exact) mass is 501 g/mol. The molecule has 34 heavy (non-hydrogen) atoms. The Morgan fingerprint density at radius 2 is 1.65 bits per heavy atom. The maximum Gasteiger partial charge on any atom is 0.419 e. The Labute approximate surface area is 201 Å².